The Morgan fingerprint density at radius 3 is 2.55 bits per heavy atom. The summed E-state index contributed by atoms with van der Waals surface area (Å²) >= 11 is 5.83. The molecule has 3 rings (SSSR count). The Morgan fingerprint density at radius 2 is 1.93 bits per heavy atom. The highest BCUT2D eigenvalue weighted by Gasteiger charge is 2.22. The topological polar surface area (TPSA) is 104 Å². The maximum absolute atomic E-state index is 13.5. The number of amides is 1. The Kier molecular flexibility index (Phi) is 5.84. The van der Waals surface area contributed by atoms with Crippen molar-refractivity contribution >= 4 is 23.5 Å². The molecule has 0 spiro atoms. The summed E-state index contributed by atoms with van der Waals surface area (Å²) in [5.74, 6) is -1.89. The summed E-state index contributed by atoms with van der Waals surface area (Å²) in [4.78, 5) is 23.7. The van der Waals surface area contributed by atoms with Gasteiger partial charge in [-0.25, -0.2) is 14.3 Å². The molecule has 0 unspecified atom stereocenters. The molecular formula is C20H17ClFN3O4. The third-order valence-electron chi connectivity index (χ3n) is 4.20. The number of carboxylic acids is 1. The van der Waals surface area contributed by atoms with Gasteiger partial charge in [-0.15, -0.1) is 0 Å². The van der Waals surface area contributed by atoms with E-state index in [4.69, 9.17) is 21.4 Å². The molecule has 9 heteroatoms. The number of nitrogens with one attached hydrogen (secondary N) is 2. The highest BCUT2D eigenvalue weighted by Crippen LogP contribution is 2.28. The van der Waals surface area contributed by atoms with Gasteiger partial charge < -0.3 is 15.2 Å². The molecule has 0 saturated carbocycles. The molecule has 0 aliphatic heterocycles. The van der Waals surface area contributed by atoms with Crippen molar-refractivity contribution in [2.75, 3.05) is 0 Å². The minimum Gasteiger partial charge on any atom is -0.478 e. The first-order chi connectivity index (χ1) is 13.7. The quantitative estimate of drug-likeness (QED) is 0.548. The first kappa shape index (κ1) is 20.3. The third-order valence-corrected chi connectivity index (χ3v) is 4.42. The highest BCUT2D eigenvalue weighted by atomic mass is 35.5. The van der Waals surface area contributed by atoms with Crippen molar-refractivity contribution in [2.45, 2.75) is 19.9 Å². The predicted molar refractivity (Wildman–Crippen MR) is 104 cm³/mol. The van der Waals surface area contributed by atoms with Gasteiger partial charge in [0.05, 0.1) is 17.3 Å². The van der Waals surface area contributed by atoms with Crippen LogP contribution in [0.3, 0.4) is 0 Å². The van der Waals surface area contributed by atoms with Gasteiger partial charge in [0.15, 0.2) is 0 Å². The smallest absolute Gasteiger partial charge is 0.335 e. The van der Waals surface area contributed by atoms with Crippen molar-refractivity contribution < 1.29 is 23.8 Å². The summed E-state index contributed by atoms with van der Waals surface area (Å²) in [5.41, 5.74) is 1.44. The number of halogens is 2. The average molecular weight is 418 g/mol. The molecule has 1 heterocycles. The number of ether oxygens (including phenoxy) is 1. The number of benzene rings is 2. The Labute approximate surface area is 170 Å². The molecule has 3 N–H and O–H groups in total. The lowest BCUT2D eigenvalue weighted by atomic mass is 10.1. The molecule has 0 aliphatic rings. The van der Waals surface area contributed by atoms with Gasteiger partial charge in [0.2, 0.25) is 5.88 Å². The molecular weight excluding hydrogens is 401 g/mol. The number of aromatic nitrogens is 2. The molecule has 2 aromatic carbocycles. The number of nitrogens with zero attached hydrogens (tertiary/aromatic N) is 1. The summed E-state index contributed by atoms with van der Waals surface area (Å²) in [6.07, 6.45) is 0. The van der Waals surface area contributed by atoms with Crippen LogP contribution in [-0.4, -0.2) is 27.2 Å². The van der Waals surface area contributed by atoms with Crippen molar-refractivity contribution in [1.82, 2.24) is 15.5 Å². The van der Waals surface area contributed by atoms with Crippen molar-refractivity contribution in [2.24, 2.45) is 0 Å². The van der Waals surface area contributed by atoms with Crippen LogP contribution in [0, 0.1) is 12.7 Å². The molecule has 1 amide bonds. The van der Waals surface area contributed by atoms with Crippen LogP contribution in [0.25, 0.3) is 0 Å². The third kappa shape index (κ3) is 4.72. The number of H-pyrrole nitrogens is 1. The first-order valence-corrected chi connectivity index (χ1v) is 8.95. The zero-order chi connectivity index (χ0) is 21.1. The van der Waals surface area contributed by atoms with Crippen molar-refractivity contribution in [3.05, 3.63) is 75.7 Å². The van der Waals surface area contributed by atoms with Crippen LogP contribution >= 0.6 is 11.6 Å². The Balaban J connectivity index is 1.78. The lowest BCUT2D eigenvalue weighted by Crippen LogP contribution is -2.27. The highest BCUT2D eigenvalue weighted by molar-refractivity contribution is 6.30. The second kappa shape index (κ2) is 8.32. The molecule has 150 valence electrons. The Bertz CT molecular complexity index is 1050. The van der Waals surface area contributed by atoms with E-state index in [1.165, 1.54) is 18.2 Å². The molecule has 29 heavy (non-hydrogen) atoms. The Hall–Kier alpha value is -3.39. The monoisotopic (exact) mass is 417 g/mol. The van der Waals surface area contributed by atoms with Crippen LogP contribution in [0.4, 0.5) is 4.39 Å². The minimum absolute atomic E-state index is 0.0510. The summed E-state index contributed by atoms with van der Waals surface area (Å²) in [7, 11) is 0. The number of carbonyl (C=O) groups excluding carboxylic acids is 1. The fourth-order valence-corrected chi connectivity index (χ4v) is 2.94. The van der Waals surface area contributed by atoms with E-state index in [2.05, 4.69) is 15.5 Å². The number of aryl methyl sites for hydroxylation is 1. The van der Waals surface area contributed by atoms with Gasteiger partial charge in [0.25, 0.3) is 5.91 Å². The summed E-state index contributed by atoms with van der Waals surface area (Å²) in [6.45, 7) is 3.39. The van der Waals surface area contributed by atoms with Crippen molar-refractivity contribution in [3.63, 3.8) is 0 Å². The number of aromatic carboxylic acids is 1. The van der Waals surface area contributed by atoms with Gasteiger partial charge >= 0.3 is 5.97 Å². The summed E-state index contributed by atoms with van der Waals surface area (Å²) in [6, 6.07) is 9.46. The van der Waals surface area contributed by atoms with Gasteiger partial charge in [-0.1, -0.05) is 23.7 Å². The van der Waals surface area contributed by atoms with E-state index in [-0.39, 0.29) is 27.8 Å². The number of hydrogen-bond acceptors (Lipinski definition) is 4. The van der Waals surface area contributed by atoms with Crippen LogP contribution in [0.5, 0.6) is 11.6 Å². The fraction of sp³-hybridized carbons (Fsp3) is 0.150. The van der Waals surface area contributed by atoms with Crippen LogP contribution in [-0.2, 0) is 0 Å². The standard InChI is InChI=1S/C20H17ClFN3O4/c1-10(12-3-5-13(6-4-12)20(27)28)23-18(26)17-11(2)24-25-19(17)29-16-8-14(21)7-15(22)9-16/h3-10H,1-2H3,(H,23,26)(H,24,25)(H,27,28)/t10-/m0/s1. The lowest BCUT2D eigenvalue weighted by molar-refractivity contribution is 0.0696. The second-order valence-corrected chi connectivity index (χ2v) is 6.78. The largest absolute Gasteiger partial charge is 0.478 e. The van der Waals surface area contributed by atoms with Gasteiger partial charge in [0.1, 0.15) is 17.1 Å². The van der Waals surface area contributed by atoms with E-state index in [1.807, 2.05) is 0 Å². The van der Waals surface area contributed by atoms with E-state index in [9.17, 15) is 14.0 Å². The zero-order valence-electron chi connectivity index (χ0n) is 15.5. The first-order valence-electron chi connectivity index (χ1n) is 8.57. The van der Waals surface area contributed by atoms with Crippen LogP contribution in [0.15, 0.2) is 42.5 Å². The Morgan fingerprint density at radius 1 is 1.24 bits per heavy atom. The average Bonchev–Trinajstić information content (AvgIpc) is 3.01. The van der Waals surface area contributed by atoms with Crippen LogP contribution < -0.4 is 10.1 Å². The molecule has 1 aromatic heterocycles. The van der Waals surface area contributed by atoms with Gasteiger partial charge in [-0.05, 0) is 43.7 Å². The number of carboxylic acid groups (broad SMARTS) is 1. The minimum atomic E-state index is -1.03. The predicted octanol–water partition coefficient (Wildman–Crippen LogP) is 4.49. The van der Waals surface area contributed by atoms with E-state index >= 15 is 0 Å². The SMILES string of the molecule is Cc1n[nH]c(Oc2cc(F)cc(Cl)c2)c1C(=O)N[C@@H](C)c1ccc(C(=O)O)cc1. The van der Waals surface area contributed by atoms with Crippen LogP contribution in [0.1, 0.15) is 44.9 Å². The zero-order valence-corrected chi connectivity index (χ0v) is 16.2. The summed E-state index contributed by atoms with van der Waals surface area (Å²) in [5, 5.41) is 18.5. The number of aromatic amines is 1. The molecule has 0 radical (unpaired) electrons. The molecule has 1 atom stereocenters. The maximum Gasteiger partial charge on any atom is 0.335 e. The number of carbonyl (C=O) groups is 2. The van der Waals surface area contributed by atoms with E-state index in [1.54, 1.807) is 26.0 Å². The maximum atomic E-state index is 13.5. The second-order valence-electron chi connectivity index (χ2n) is 6.34. The molecule has 0 bridgehead atoms. The van der Waals surface area contributed by atoms with Gasteiger partial charge in [-0.3, -0.25) is 4.79 Å². The molecule has 7 nitrogen and oxygen atoms in total. The number of hydrogen-bond donors (Lipinski definition) is 3. The number of rotatable bonds is 6. The van der Waals surface area contributed by atoms with E-state index in [0.717, 1.165) is 17.7 Å². The molecule has 0 saturated heterocycles. The van der Waals surface area contributed by atoms with Gasteiger partial charge in [0, 0.05) is 11.1 Å². The van der Waals surface area contributed by atoms with E-state index < -0.39 is 23.7 Å². The lowest BCUT2D eigenvalue weighted by Gasteiger charge is -2.15. The molecule has 0 fully saturated rings. The van der Waals surface area contributed by atoms with Gasteiger partial charge in [-0.2, -0.15) is 5.10 Å². The summed E-state index contributed by atoms with van der Waals surface area (Å²) < 4.78 is 19.1. The molecule has 0 aliphatic carbocycles. The van der Waals surface area contributed by atoms with Crippen molar-refractivity contribution in [1.29, 1.82) is 0 Å². The normalized spacial score (nSPS) is 11.7. The van der Waals surface area contributed by atoms with Crippen molar-refractivity contribution in [3.8, 4) is 11.6 Å². The fourth-order valence-electron chi connectivity index (χ4n) is 2.72. The van der Waals surface area contributed by atoms with E-state index in [0.29, 0.717) is 5.69 Å². The van der Waals surface area contributed by atoms with Crippen LogP contribution in [0.2, 0.25) is 5.02 Å². The molecule has 3 aromatic rings.